The maximum Gasteiger partial charge on any atom is 0.249 e. The summed E-state index contributed by atoms with van der Waals surface area (Å²) in [5.41, 5.74) is 5.52. The molecular formula is C12H23ClN2O2. The Morgan fingerprint density at radius 3 is 2.47 bits per heavy atom. The second kappa shape index (κ2) is 7.19. The molecule has 0 spiro atoms. The van der Waals surface area contributed by atoms with Crippen molar-refractivity contribution >= 4 is 18.3 Å². The fourth-order valence-electron chi connectivity index (χ4n) is 2.61. The van der Waals surface area contributed by atoms with Crippen molar-refractivity contribution < 1.29 is 9.53 Å². The molecule has 4 nitrogen and oxygen atoms in total. The molecule has 0 radical (unpaired) electrons. The molecule has 1 saturated heterocycles. The lowest BCUT2D eigenvalue weighted by Gasteiger charge is -2.24. The van der Waals surface area contributed by atoms with Crippen LogP contribution in [-0.2, 0) is 9.53 Å². The molecule has 1 aliphatic carbocycles. The van der Waals surface area contributed by atoms with Crippen molar-refractivity contribution in [2.45, 2.75) is 63.2 Å². The number of rotatable bonds is 3. The predicted molar refractivity (Wildman–Crippen MR) is 69.2 cm³/mol. The zero-order valence-electron chi connectivity index (χ0n) is 10.2. The second-order valence-corrected chi connectivity index (χ2v) is 4.90. The predicted octanol–water partition coefficient (Wildman–Crippen LogP) is 1.36. The molecule has 3 N–H and O–H groups in total. The molecule has 1 saturated carbocycles. The third-order valence-electron chi connectivity index (χ3n) is 3.61. The highest BCUT2D eigenvalue weighted by atomic mass is 35.5. The first-order chi connectivity index (χ1) is 7.79. The molecule has 2 fully saturated rings. The highest BCUT2D eigenvalue weighted by molar-refractivity contribution is 5.85. The van der Waals surface area contributed by atoms with Crippen LogP contribution in [0.1, 0.15) is 44.9 Å². The van der Waals surface area contributed by atoms with Gasteiger partial charge >= 0.3 is 0 Å². The van der Waals surface area contributed by atoms with Crippen LogP contribution in [0.2, 0.25) is 0 Å². The summed E-state index contributed by atoms with van der Waals surface area (Å²) in [6.07, 6.45) is 7.60. The summed E-state index contributed by atoms with van der Waals surface area (Å²) >= 11 is 0. The number of halogens is 1. The van der Waals surface area contributed by atoms with Crippen LogP contribution in [-0.4, -0.2) is 30.7 Å². The highest BCUT2D eigenvalue weighted by Gasteiger charge is 2.31. The average Bonchev–Trinajstić information content (AvgIpc) is 2.79. The number of hydrogen-bond acceptors (Lipinski definition) is 3. The third kappa shape index (κ3) is 4.12. The van der Waals surface area contributed by atoms with E-state index in [1.165, 1.54) is 19.3 Å². The van der Waals surface area contributed by atoms with Crippen LogP contribution in [0.4, 0.5) is 0 Å². The molecule has 0 bridgehead atoms. The van der Waals surface area contributed by atoms with Gasteiger partial charge in [-0.3, -0.25) is 4.79 Å². The van der Waals surface area contributed by atoms with Gasteiger partial charge < -0.3 is 15.8 Å². The van der Waals surface area contributed by atoms with Gasteiger partial charge in [-0.25, -0.2) is 0 Å². The molecular weight excluding hydrogens is 240 g/mol. The highest BCUT2D eigenvalue weighted by Crippen LogP contribution is 2.21. The fourth-order valence-corrected chi connectivity index (χ4v) is 2.61. The first kappa shape index (κ1) is 14.7. The van der Waals surface area contributed by atoms with E-state index in [0.29, 0.717) is 12.6 Å². The number of amides is 1. The van der Waals surface area contributed by atoms with Crippen molar-refractivity contribution in [1.82, 2.24) is 5.32 Å². The van der Waals surface area contributed by atoms with E-state index >= 15 is 0 Å². The molecule has 1 amide bonds. The fraction of sp³-hybridized carbons (Fsp3) is 0.917. The molecule has 0 aromatic rings. The van der Waals surface area contributed by atoms with E-state index in [2.05, 4.69) is 5.32 Å². The number of nitrogens with two attached hydrogens (primary N) is 1. The molecule has 2 rings (SSSR count). The molecule has 100 valence electrons. The largest absolute Gasteiger partial charge is 0.364 e. The molecule has 2 aliphatic rings. The van der Waals surface area contributed by atoms with Gasteiger partial charge in [0, 0.05) is 12.6 Å². The lowest BCUT2D eigenvalue weighted by molar-refractivity contribution is -0.132. The van der Waals surface area contributed by atoms with Crippen molar-refractivity contribution in [3.63, 3.8) is 0 Å². The van der Waals surface area contributed by atoms with Gasteiger partial charge in [-0.15, -0.1) is 12.4 Å². The summed E-state index contributed by atoms with van der Waals surface area (Å²) < 4.78 is 5.58. The molecule has 0 aromatic heterocycles. The second-order valence-electron chi connectivity index (χ2n) is 4.90. The van der Waals surface area contributed by atoms with Crippen molar-refractivity contribution in [3.8, 4) is 0 Å². The molecule has 17 heavy (non-hydrogen) atoms. The van der Waals surface area contributed by atoms with Gasteiger partial charge in [-0.1, -0.05) is 19.3 Å². The number of ether oxygens (including phenoxy) is 1. The Morgan fingerprint density at radius 1 is 1.18 bits per heavy atom. The first-order valence-corrected chi connectivity index (χ1v) is 6.45. The normalized spacial score (nSPS) is 29.7. The quantitative estimate of drug-likeness (QED) is 0.807. The van der Waals surface area contributed by atoms with Crippen LogP contribution < -0.4 is 11.1 Å². The molecule has 1 aliphatic heterocycles. The Morgan fingerprint density at radius 2 is 1.88 bits per heavy atom. The van der Waals surface area contributed by atoms with Crippen molar-refractivity contribution in [2.24, 2.45) is 5.73 Å². The smallest absolute Gasteiger partial charge is 0.249 e. The lowest BCUT2D eigenvalue weighted by Crippen LogP contribution is -2.42. The summed E-state index contributed by atoms with van der Waals surface area (Å²) in [7, 11) is 0. The monoisotopic (exact) mass is 262 g/mol. The van der Waals surface area contributed by atoms with Gasteiger partial charge in [0.1, 0.15) is 6.10 Å². The SMILES string of the molecule is Cl.NC[C@H]1CC[C@@H](C(=O)NC2CCCCC2)O1. The zero-order valence-corrected chi connectivity index (χ0v) is 11.0. The molecule has 0 unspecified atom stereocenters. The number of nitrogens with one attached hydrogen (secondary N) is 1. The first-order valence-electron chi connectivity index (χ1n) is 6.45. The van der Waals surface area contributed by atoms with Crippen LogP contribution in [0.5, 0.6) is 0 Å². The minimum Gasteiger partial charge on any atom is -0.364 e. The minimum atomic E-state index is -0.254. The van der Waals surface area contributed by atoms with Crippen LogP contribution in [0.3, 0.4) is 0 Å². The van der Waals surface area contributed by atoms with E-state index in [-0.39, 0.29) is 30.5 Å². The van der Waals surface area contributed by atoms with E-state index in [4.69, 9.17) is 10.5 Å². The topological polar surface area (TPSA) is 64.4 Å². The van der Waals surface area contributed by atoms with Crippen LogP contribution in [0.15, 0.2) is 0 Å². The number of carbonyl (C=O) groups excluding carboxylic acids is 1. The van der Waals surface area contributed by atoms with Crippen LogP contribution in [0.25, 0.3) is 0 Å². The van der Waals surface area contributed by atoms with E-state index in [0.717, 1.165) is 25.7 Å². The van der Waals surface area contributed by atoms with E-state index in [1.54, 1.807) is 0 Å². The summed E-state index contributed by atoms with van der Waals surface area (Å²) in [6, 6.07) is 0.377. The minimum absolute atomic E-state index is 0. The Balaban J connectivity index is 0.00000144. The van der Waals surface area contributed by atoms with Gasteiger partial charge in [0.05, 0.1) is 6.10 Å². The summed E-state index contributed by atoms with van der Waals surface area (Å²) in [5.74, 6) is 0.0721. The standard InChI is InChI=1S/C12H22N2O2.ClH/c13-8-10-6-7-11(16-10)12(15)14-9-4-2-1-3-5-9;/h9-11H,1-8,13H2,(H,14,15);1H/t10-,11+;/m1./s1. The van der Waals surface area contributed by atoms with Gasteiger partial charge in [-0.05, 0) is 25.7 Å². The molecule has 1 heterocycles. The number of hydrogen-bond donors (Lipinski definition) is 2. The average molecular weight is 263 g/mol. The maximum atomic E-state index is 11.9. The number of carbonyl (C=O) groups is 1. The summed E-state index contributed by atoms with van der Waals surface area (Å²) in [5, 5.41) is 3.10. The Hall–Kier alpha value is -0.320. The molecule has 2 atom stereocenters. The van der Waals surface area contributed by atoms with Crippen LogP contribution >= 0.6 is 12.4 Å². The lowest BCUT2D eigenvalue weighted by atomic mass is 9.95. The van der Waals surface area contributed by atoms with Crippen LogP contribution in [0, 0.1) is 0 Å². The van der Waals surface area contributed by atoms with Gasteiger partial charge in [0.2, 0.25) is 5.91 Å². The Labute approximate surface area is 109 Å². The van der Waals surface area contributed by atoms with Crippen molar-refractivity contribution in [2.75, 3.05) is 6.54 Å². The zero-order chi connectivity index (χ0) is 11.4. The Bertz CT molecular complexity index is 245. The molecule has 0 aromatic carbocycles. The van der Waals surface area contributed by atoms with E-state index in [9.17, 15) is 4.79 Å². The summed E-state index contributed by atoms with van der Waals surface area (Å²) in [4.78, 5) is 11.9. The third-order valence-corrected chi connectivity index (χ3v) is 3.61. The maximum absolute atomic E-state index is 11.9. The molecule has 5 heteroatoms. The van der Waals surface area contributed by atoms with Gasteiger partial charge in [0.15, 0.2) is 0 Å². The van der Waals surface area contributed by atoms with Crippen molar-refractivity contribution in [3.05, 3.63) is 0 Å². The van der Waals surface area contributed by atoms with Gasteiger partial charge in [-0.2, -0.15) is 0 Å². The van der Waals surface area contributed by atoms with Crippen molar-refractivity contribution in [1.29, 1.82) is 0 Å². The Kier molecular flexibility index (Phi) is 6.23. The van der Waals surface area contributed by atoms with Gasteiger partial charge in [0.25, 0.3) is 0 Å². The van der Waals surface area contributed by atoms with E-state index < -0.39 is 0 Å². The van der Waals surface area contributed by atoms with E-state index in [1.807, 2.05) is 0 Å². The summed E-state index contributed by atoms with van der Waals surface area (Å²) in [6.45, 7) is 0.521.